The van der Waals surface area contributed by atoms with Crippen LogP contribution in [0.15, 0.2) is 120 Å². The molecule has 1 aliphatic carbocycles. The highest BCUT2D eigenvalue weighted by Crippen LogP contribution is 2.51. The molecular formula is C43H45N2O+. The molecule has 2 aliphatic heterocycles. The molecule has 0 bridgehead atoms. The monoisotopic (exact) mass is 605 g/mol. The first-order valence-electron chi connectivity index (χ1n) is 16.9. The van der Waals surface area contributed by atoms with Gasteiger partial charge in [0.1, 0.15) is 0 Å². The quantitative estimate of drug-likeness (QED) is 0.204. The minimum atomic E-state index is -0.225. The lowest BCUT2D eigenvalue weighted by Gasteiger charge is -2.26. The van der Waals surface area contributed by atoms with Crippen molar-refractivity contribution >= 4 is 44.4 Å². The molecule has 0 fully saturated rings. The summed E-state index contributed by atoms with van der Waals surface area (Å²) in [6.07, 6.45) is 15.0. The summed E-state index contributed by atoms with van der Waals surface area (Å²) in [4.78, 5) is 15.0. The van der Waals surface area contributed by atoms with E-state index in [1.165, 1.54) is 60.9 Å². The van der Waals surface area contributed by atoms with Crippen LogP contribution in [0.3, 0.4) is 0 Å². The maximum Gasteiger partial charge on any atom is 0.210 e. The van der Waals surface area contributed by atoms with Gasteiger partial charge in [0, 0.05) is 48.0 Å². The Balaban J connectivity index is 1.23. The Kier molecular flexibility index (Phi) is 7.47. The first-order chi connectivity index (χ1) is 22.1. The zero-order valence-electron chi connectivity index (χ0n) is 28.2. The van der Waals surface area contributed by atoms with Crippen molar-refractivity contribution in [2.75, 3.05) is 18.0 Å². The van der Waals surface area contributed by atoms with Gasteiger partial charge in [-0.3, -0.25) is 4.79 Å². The van der Waals surface area contributed by atoms with Crippen molar-refractivity contribution in [2.45, 2.75) is 71.6 Å². The Labute approximate surface area is 273 Å². The summed E-state index contributed by atoms with van der Waals surface area (Å²) in [5.41, 5.74) is 10.2. The fourth-order valence-electron chi connectivity index (χ4n) is 8.32. The zero-order chi connectivity index (χ0) is 32.2. The van der Waals surface area contributed by atoms with Crippen molar-refractivity contribution in [3.05, 3.63) is 131 Å². The summed E-state index contributed by atoms with van der Waals surface area (Å²) < 4.78 is 2.24. The van der Waals surface area contributed by atoms with Crippen LogP contribution in [0, 0.1) is 0 Å². The number of Topliss-reactive ketones (excluding diaryl/α,β-unsaturated/α-hetero) is 1. The summed E-state index contributed by atoms with van der Waals surface area (Å²) in [5, 5.41) is 5.16. The second kappa shape index (κ2) is 11.4. The van der Waals surface area contributed by atoms with Gasteiger partial charge in [0.2, 0.25) is 12.2 Å². The molecule has 46 heavy (non-hydrogen) atoms. The standard InChI is InChI=1S/C43H45N2O/c1-7-44-36-23-21-32-15-8-10-17-34(32)40(36)42(3,4)38(44)25-19-30-13-12-14-31(27-30)20-26-39-43(5,6)41-35-18-11-9-16-33(35)22-24-37(41)45(39)28-29(2)46/h8-11,15-27H,7,12-14,28H2,1-6H3/q+1. The molecule has 3 heteroatoms. The topological polar surface area (TPSA) is 23.3 Å². The lowest BCUT2D eigenvalue weighted by Crippen LogP contribution is -2.29. The number of nitrogens with zero attached hydrogens (tertiary/aromatic N) is 2. The highest BCUT2D eigenvalue weighted by atomic mass is 16.1. The van der Waals surface area contributed by atoms with Gasteiger partial charge in [-0.15, -0.1) is 0 Å². The zero-order valence-corrected chi connectivity index (χ0v) is 28.2. The molecule has 0 unspecified atom stereocenters. The van der Waals surface area contributed by atoms with Gasteiger partial charge in [-0.05, 0) is 96.5 Å². The van der Waals surface area contributed by atoms with Crippen LogP contribution in [0.1, 0.15) is 71.9 Å². The van der Waals surface area contributed by atoms with Crippen molar-refractivity contribution in [3.8, 4) is 0 Å². The number of allylic oxidation sites excluding steroid dienone is 8. The van der Waals surface area contributed by atoms with E-state index in [9.17, 15) is 4.79 Å². The predicted octanol–water partition coefficient (Wildman–Crippen LogP) is 10.3. The molecule has 3 aliphatic rings. The molecule has 2 heterocycles. The van der Waals surface area contributed by atoms with Crippen molar-refractivity contribution in [2.24, 2.45) is 0 Å². The smallest absolute Gasteiger partial charge is 0.210 e. The van der Waals surface area contributed by atoms with Crippen molar-refractivity contribution in [3.63, 3.8) is 0 Å². The van der Waals surface area contributed by atoms with E-state index in [0.29, 0.717) is 6.54 Å². The van der Waals surface area contributed by atoms with Crippen molar-refractivity contribution in [1.82, 2.24) is 0 Å². The van der Waals surface area contributed by atoms with Gasteiger partial charge in [-0.1, -0.05) is 86.7 Å². The molecule has 0 N–H and O–H groups in total. The largest absolute Gasteiger partial charge is 0.344 e. The van der Waals surface area contributed by atoms with Crippen LogP contribution in [0.2, 0.25) is 0 Å². The summed E-state index contributed by atoms with van der Waals surface area (Å²) in [6, 6.07) is 26.3. The molecule has 0 radical (unpaired) electrons. The molecule has 0 spiro atoms. The molecule has 0 aromatic heterocycles. The van der Waals surface area contributed by atoms with E-state index >= 15 is 0 Å². The first-order valence-corrected chi connectivity index (χ1v) is 16.9. The molecule has 4 aromatic carbocycles. The van der Waals surface area contributed by atoms with Gasteiger partial charge >= 0.3 is 0 Å². The van der Waals surface area contributed by atoms with Crippen molar-refractivity contribution < 1.29 is 9.37 Å². The number of fused-ring (bicyclic) bond motifs is 6. The van der Waals surface area contributed by atoms with Crippen LogP contribution in [-0.2, 0) is 15.6 Å². The minimum absolute atomic E-state index is 0.0889. The van der Waals surface area contributed by atoms with Crippen LogP contribution in [0.5, 0.6) is 0 Å². The Morgan fingerprint density at radius 3 is 2.17 bits per heavy atom. The summed E-state index contributed by atoms with van der Waals surface area (Å²) in [7, 11) is 0. The third-order valence-electron chi connectivity index (χ3n) is 10.4. The van der Waals surface area contributed by atoms with E-state index < -0.39 is 0 Å². The van der Waals surface area contributed by atoms with Gasteiger partial charge in [-0.2, -0.15) is 4.58 Å². The maximum atomic E-state index is 12.5. The molecule has 0 saturated carbocycles. The first kappa shape index (κ1) is 30.2. The Hall–Kier alpha value is -4.50. The van der Waals surface area contributed by atoms with Gasteiger partial charge in [-0.25, -0.2) is 0 Å². The molecule has 0 atom stereocenters. The van der Waals surface area contributed by atoms with E-state index in [2.05, 4.69) is 147 Å². The van der Waals surface area contributed by atoms with E-state index in [-0.39, 0.29) is 16.6 Å². The highest BCUT2D eigenvalue weighted by Gasteiger charge is 2.46. The summed E-state index contributed by atoms with van der Waals surface area (Å²) in [6.45, 7) is 14.6. The molecule has 4 aromatic rings. The molecule has 232 valence electrons. The Morgan fingerprint density at radius 1 is 0.804 bits per heavy atom. The lowest BCUT2D eigenvalue weighted by atomic mass is 9.79. The SMILES string of the molecule is CCN1/C(=C/C=C2C=C(/C=C/C3=[N+](CC(C)=O)c4ccc5ccccc5c4C3(C)C)CCC/2)C(C)(C)c2c1ccc1ccccc21. The average Bonchev–Trinajstić information content (AvgIpc) is 3.40. The van der Waals surface area contributed by atoms with E-state index in [1.54, 1.807) is 6.92 Å². The molecule has 7 rings (SSSR count). The molecular weight excluding hydrogens is 560 g/mol. The van der Waals surface area contributed by atoms with Gasteiger partial charge in [0.25, 0.3) is 0 Å². The average molecular weight is 606 g/mol. The number of benzene rings is 4. The third kappa shape index (κ3) is 4.88. The second-order valence-electron chi connectivity index (χ2n) is 14.2. The van der Waals surface area contributed by atoms with Crippen LogP contribution >= 0.6 is 0 Å². The molecule has 3 nitrogen and oxygen atoms in total. The van der Waals surface area contributed by atoms with Crippen molar-refractivity contribution in [1.29, 1.82) is 0 Å². The Morgan fingerprint density at radius 2 is 1.48 bits per heavy atom. The van der Waals surface area contributed by atoms with E-state index in [4.69, 9.17) is 0 Å². The number of anilines is 1. The van der Waals surface area contributed by atoms with Gasteiger partial charge in [0.05, 0.1) is 5.41 Å². The third-order valence-corrected chi connectivity index (χ3v) is 10.4. The number of likely N-dealkylation sites (N-methyl/N-ethyl adjacent to an activating group) is 1. The number of hydrogen-bond donors (Lipinski definition) is 0. The number of carbonyl (C=O) groups excluding carboxylic acids is 1. The van der Waals surface area contributed by atoms with E-state index in [1.807, 2.05) is 0 Å². The van der Waals surface area contributed by atoms with Crippen LogP contribution in [0.4, 0.5) is 11.4 Å². The number of carbonyl (C=O) groups is 1. The van der Waals surface area contributed by atoms with Crippen LogP contribution < -0.4 is 4.90 Å². The highest BCUT2D eigenvalue weighted by molar-refractivity contribution is 6.08. The van der Waals surface area contributed by atoms with Gasteiger partial charge in [0.15, 0.2) is 11.5 Å². The summed E-state index contributed by atoms with van der Waals surface area (Å²) >= 11 is 0. The predicted molar refractivity (Wildman–Crippen MR) is 195 cm³/mol. The normalized spacial score (nSPS) is 20.3. The fraction of sp³-hybridized carbons (Fsp3) is 0.302. The van der Waals surface area contributed by atoms with Gasteiger partial charge < -0.3 is 4.90 Å². The number of hydrogen-bond acceptors (Lipinski definition) is 2. The van der Waals surface area contributed by atoms with Crippen LogP contribution in [-0.4, -0.2) is 29.2 Å². The maximum absolute atomic E-state index is 12.5. The van der Waals surface area contributed by atoms with Crippen LogP contribution in [0.25, 0.3) is 21.5 Å². The summed E-state index contributed by atoms with van der Waals surface area (Å²) in [5.74, 6) is 0.170. The number of rotatable bonds is 6. The van der Waals surface area contributed by atoms with E-state index in [0.717, 1.165) is 31.5 Å². The number of ketones is 1. The Bertz CT molecular complexity index is 2060. The second-order valence-corrected chi connectivity index (χ2v) is 14.2. The lowest BCUT2D eigenvalue weighted by molar-refractivity contribution is -0.424. The fourth-order valence-corrected chi connectivity index (χ4v) is 8.32. The molecule has 0 amide bonds. The molecule has 0 saturated heterocycles. The minimum Gasteiger partial charge on any atom is -0.344 e.